The van der Waals surface area contributed by atoms with Gasteiger partial charge in [-0.1, -0.05) is 17.7 Å². The molecule has 1 atom stereocenters. The predicted molar refractivity (Wildman–Crippen MR) is 112 cm³/mol. The van der Waals surface area contributed by atoms with E-state index in [1.807, 2.05) is 26.0 Å². The molecule has 1 aliphatic rings. The highest BCUT2D eigenvalue weighted by Crippen LogP contribution is 2.36. The van der Waals surface area contributed by atoms with E-state index < -0.39 is 11.6 Å². The number of hydrogen-bond donors (Lipinski definition) is 1. The summed E-state index contributed by atoms with van der Waals surface area (Å²) in [6, 6.07) is 9.74. The fourth-order valence-corrected chi connectivity index (χ4v) is 3.91. The van der Waals surface area contributed by atoms with E-state index in [-0.39, 0.29) is 6.04 Å². The summed E-state index contributed by atoms with van der Waals surface area (Å²) in [5.41, 5.74) is 4.68. The Kier molecular flexibility index (Phi) is 5.13. The Morgan fingerprint density at radius 2 is 1.86 bits per heavy atom. The molecule has 150 valence electrons. The van der Waals surface area contributed by atoms with Gasteiger partial charge < -0.3 is 10.2 Å². The van der Waals surface area contributed by atoms with E-state index in [0.29, 0.717) is 16.7 Å². The Labute approximate surface area is 173 Å². The van der Waals surface area contributed by atoms with Gasteiger partial charge in [-0.05, 0) is 62.6 Å². The molecule has 0 amide bonds. The highest BCUT2D eigenvalue weighted by molar-refractivity contribution is 6.30. The maximum Gasteiger partial charge on any atom is 0.229 e. The molecule has 0 bridgehead atoms. The Hall–Kier alpha value is -2.73. The van der Waals surface area contributed by atoms with Gasteiger partial charge in [0.05, 0.1) is 6.04 Å². The first-order valence-electron chi connectivity index (χ1n) is 9.46. The zero-order valence-corrected chi connectivity index (χ0v) is 17.2. The number of hydrogen-bond acceptors (Lipinski definition) is 4. The molecule has 2 aromatic carbocycles. The molecule has 7 heteroatoms. The Bertz CT molecular complexity index is 1090. The van der Waals surface area contributed by atoms with Crippen molar-refractivity contribution < 1.29 is 8.78 Å². The van der Waals surface area contributed by atoms with Crippen molar-refractivity contribution in [2.24, 2.45) is 0 Å². The van der Waals surface area contributed by atoms with Crippen molar-refractivity contribution >= 4 is 29.1 Å². The van der Waals surface area contributed by atoms with Gasteiger partial charge in [-0.15, -0.1) is 0 Å². The van der Waals surface area contributed by atoms with Crippen molar-refractivity contribution in [1.82, 2.24) is 9.97 Å². The first kappa shape index (κ1) is 19.6. The number of nitrogens with one attached hydrogen (secondary N) is 1. The molecule has 0 saturated carbocycles. The lowest BCUT2D eigenvalue weighted by Gasteiger charge is -2.37. The van der Waals surface area contributed by atoms with Crippen LogP contribution in [0.3, 0.4) is 0 Å². The number of aromatic nitrogens is 2. The Morgan fingerprint density at radius 3 is 2.62 bits per heavy atom. The Morgan fingerprint density at radius 1 is 1.07 bits per heavy atom. The number of anilines is 3. The first-order valence-corrected chi connectivity index (χ1v) is 9.83. The zero-order valence-electron chi connectivity index (χ0n) is 16.4. The van der Waals surface area contributed by atoms with Crippen molar-refractivity contribution in [3.8, 4) is 0 Å². The molecule has 1 N–H and O–H groups in total. The monoisotopic (exact) mass is 414 g/mol. The van der Waals surface area contributed by atoms with Crippen LogP contribution >= 0.6 is 11.6 Å². The first-order chi connectivity index (χ1) is 13.8. The minimum Gasteiger partial charge on any atom is -0.349 e. The van der Waals surface area contributed by atoms with Crippen LogP contribution < -0.4 is 10.2 Å². The summed E-state index contributed by atoms with van der Waals surface area (Å²) < 4.78 is 26.7. The number of aryl methyl sites for hydroxylation is 1. The van der Waals surface area contributed by atoms with E-state index >= 15 is 0 Å². The SMILES string of the molecule is Cc1nc(Nc2ccc(F)c(F)c2)nc(N2CCc3ccc(Cl)cc3C2C)c1C. The molecule has 0 saturated heterocycles. The Balaban J connectivity index is 1.69. The minimum absolute atomic E-state index is 0.0987. The lowest BCUT2D eigenvalue weighted by Crippen LogP contribution is -2.35. The summed E-state index contributed by atoms with van der Waals surface area (Å²) in [5, 5.41) is 3.70. The lowest BCUT2D eigenvalue weighted by molar-refractivity contribution is 0.509. The number of benzene rings is 2. The summed E-state index contributed by atoms with van der Waals surface area (Å²) in [4.78, 5) is 11.4. The molecule has 1 unspecified atom stereocenters. The van der Waals surface area contributed by atoms with Crippen LogP contribution in [-0.2, 0) is 6.42 Å². The second-order valence-electron chi connectivity index (χ2n) is 7.30. The van der Waals surface area contributed by atoms with Gasteiger partial charge in [0.2, 0.25) is 5.95 Å². The summed E-state index contributed by atoms with van der Waals surface area (Å²) in [6.45, 7) is 6.86. The minimum atomic E-state index is -0.919. The quantitative estimate of drug-likeness (QED) is 0.580. The molecule has 0 spiro atoms. The number of rotatable bonds is 3. The van der Waals surface area contributed by atoms with Gasteiger partial charge in [0.15, 0.2) is 11.6 Å². The zero-order chi connectivity index (χ0) is 20.7. The summed E-state index contributed by atoms with van der Waals surface area (Å²) in [7, 11) is 0. The van der Waals surface area contributed by atoms with Crippen LogP contribution in [0.25, 0.3) is 0 Å². The van der Waals surface area contributed by atoms with Crippen molar-refractivity contribution in [1.29, 1.82) is 0 Å². The van der Waals surface area contributed by atoms with Gasteiger partial charge in [0, 0.05) is 34.6 Å². The van der Waals surface area contributed by atoms with E-state index in [2.05, 4.69) is 28.2 Å². The molecular formula is C22H21ClF2N4. The molecule has 2 heterocycles. The normalized spacial score (nSPS) is 15.9. The molecule has 0 fully saturated rings. The molecular weight excluding hydrogens is 394 g/mol. The summed E-state index contributed by atoms with van der Waals surface area (Å²) in [5.74, 6) is -0.646. The second-order valence-corrected chi connectivity index (χ2v) is 7.73. The summed E-state index contributed by atoms with van der Waals surface area (Å²) >= 11 is 6.22. The van der Waals surface area contributed by atoms with E-state index in [4.69, 9.17) is 16.6 Å². The van der Waals surface area contributed by atoms with Crippen LogP contribution in [0.4, 0.5) is 26.2 Å². The van der Waals surface area contributed by atoms with Crippen molar-refractivity contribution in [3.05, 3.63) is 75.4 Å². The van der Waals surface area contributed by atoms with E-state index in [0.717, 1.165) is 42.2 Å². The van der Waals surface area contributed by atoms with Gasteiger partial charge in [-0.25, -0.2) is 13.8 Å². The molecule has 1 aliphatic heterocycles. The number of nitrogens with zero attached hydrogens (tertiary/aromatic N) is 3. The van der Waals surface area contributed by atoms with E-state index in [1.165, 1.54) is 17.2 Å². The van der Waals surface area contributed by atoms with Crippen LogP contribution in [0.2, 0.25) is 5.02 Å². The van der Waals surface area contributed by atoms with Gasteiger partial charge in [0.25, 0.3) is 0 Å². The lowest BCUT2D eigenvalue weighted by atomic mass is 9.93. The van der Waals surface area contributed by atoms with Crippen LogP contribution in [-0.4, -0.2) is 16.5 Å². The van der Waals surface area contributed by atoms with Crippen LogP contribution in [0.1, 0.15) is 35.3 Å². The third-order valence-corrected chi connectivity index (χ3v) is 5.69. The average Bonchev–Trinajstić information content (AvgIpc) is 2.68. The molecule has 4 rings (SSSR count). The summed E-state index contributed by atoms with van der Waals surface area (Å²) in [6.07, 6.45) is 0.894. The van der Waals surface area contributed by atoms with Crippen LogP contribution in [0.15, 0.2) is 36.4 Å². The largest absolute Gasteiger partial charge is 0.349 e. The molecule has 0 radical (unpaired) electrons. The van der Waals surface area contributed by atoms with Gasteiger partial charge in [-0.3, -0.25) is 0 Å². The third-order valence-electron chi connectivity index (χ3n) is 5.46. The fraction of sp³-hybridized carbons (Fsp3) is 0.273. The molecule has 3 aromatic rings. The second kappa shape index (κ2) is 7.59. The number of fused-ring (bicyclic) bond motifs is 1. The predicted octanol–water partition coefficient (Wildman–Crippen LogP) is 5.89. The topological polar surface area (TPSA) is 41.1 Å². The molecule has 4 nitrogen and oxygen atoms in total. The maximum atomic E-state index is 13.5. The van der Waals surface area contributed by atoms with Gasteiger partial charge >= 0.3 is 0 Å². The van der Waals surface area contributed by atoms with Gasteiger partial charge in [0.1, 0.15) is 5.82 Å². The number of halogens is 3. The fourth-order valence-electron chi connectivity index (χ4n) is 3.73. The highest BCUT2D eigenvalue weighted by Gasteiger charge is 2.27. The average molecular weight is 415 g/mol. The van der Waals surface area contributed by atoms with Crippen molar-refractivity contribution in [2.75, 3.05) is 16.8 Å². The maximum absolute atomic E-state index is 13.5. The van der Waals surface area contributed by atoms with E-state index in [1.54, 1.807) is 0 Å². The van der Waals surface area contributed by atoms with Gasteiger partial charge in [-0.2, -0.15) is 4.98 Å². The molecule has 0 aliphatic carbocycles. The van der Waals surface area contributed by atoms with E-state index in [9.17, 15) is 8.78 Å². The van der Waals surface area contributed by atoms with Crippen LogP contribution in [0, 0.1) is 25.5 Å². The molecule has 1 aromatic heterocycles. The molecule has 29 heavy (non-hydrogen) atoms. The third kappa shape index (κ3) is 3.77. The highest BCUT2D eigenvalue weighted by atomic mass is 35.5. The van der Waals surface area contributed by atoms with Crippen molar-refractivity contribution in [2.45, 2.75) is 33.2 Å². The van der Waals surface area contributed by atoms with Crippen LogP contribution in [0.5, 0.6) is 0 Å². The smallest absolute Gasteiger partial charge is 0.229 e. The van der Waals surface area contributed by atoms with Crippen molar-refractivity contribution in [3.63, 3.8) is 0 Å². The standard InChI is InChI=1S/C22H21ClF2N4/c1-12-13(2)26-22(27-17-6-7-19(24)20(25)11-17)28-21(12)29-9-8-15-4-5-16(23)10-18(15)14(29)3/h4-7,10-11,14H,8-9H2,1-3H3,(H,26,27,28).